The van der Waals surface area contributed by atoms with Crippen molar-refractivity contribution in [1.29, 1.82) is 0 Å². The van der Waals surface area contributed by atoms with E-state index in [1.165, 1.54) is 35.1 Å². The molecule has 1 heteroatoms. The first-order valence-corrected chi connectivity index (χ1v) is 14.3. The third kappa shape index (κ3) is 2.27. The number of benzene rings is 5. The molecule has 29 heavy (non-hydrogen) atoms. The molecule has 0 spiro atoms. The van der Waals surface area contributed by atoms with Crippen LogP contribution in [0.4, 0.5) is 0 Å². The van der Waals surface area contributed by atoms with Gasteiger partial charge in [0.2, 0.25) is 0 Å². The number of fused-ring (bicyclic) bond motifs is 2. The molecular weight excluding hydrogens is 409 g/mol. The van der Waals surface area contributed by atoms with Crippen LogP contribution in [0.25, 0.3) is 21.9 Å². The van der Waals surface area contributed by atoms with Crippen LogP contribution < -0.4 is 17.6 Å². The van der Waals surface area contributed by atoms with E-state index in [2.05, 4.69) is 121 Å². The molecule has 5 aromatic carbocycles. The van der Waals surface area contributed by atoms with Crippen molar-refractivity contribution in [3.63, 3.8) is 0 Å². The van der Waals surface area contributed by atoms with Gasteiger partial charge in [-0.05, 0) is 0 Å². The monoisotopic (exact) mass is 430 g/mol. The summed E-state index contributed by atoms with van der Waals surface area (Å²) in [6.45, 7) is 0. The predicted molar refractivity (Wildman–Crippen MR) is 127 cm³/mol. The summed E-state index contributed by atoms with van der Waals surface area (Å²) < 4.78 is 6.08. The molecule has 0 N–H and O–H groups in total. The molecule has 0 bridgehead atoms. The summed E-state index contributed by atoms with van der Waals surface area (Å²) in [4.78, 5) is 0. The normalized spacial score (nSPS) is 13.8. The molecule has 6 rings (SSSR count). The molecule has 1 heterocycles. The summed E-state index contributed by atoms with van der Waals surface area (Å²) in [6, 6.07) is 45.3. The third-order valence-electron chi connectivity index (χ3n) is 6.34. The minimum absolute atomic E-state index is 1.34. The van der Waals surface area contributed by atoms with Crippen LogP contribution in [0, 0.1) is 0 Å². The maximum atomic E-state index is 2.40. The van der Waals surface area contributed by atoms with E-state index in [1.54, 1.807) is 4.40 Å². The second-order valence-corrected chi connectivity index (χ2v) is 15.6. The first kappa shape index (κ1) is 16.8. The Kier molecular flexibility index (Phi) is 3.75. The number of hydrogen-bond donors (Lipinski definition) is 0. The molecule has 1 aliphatic rings. The fourth-order valence-electron chi connectivity index (χ4n) is 5.23. The first-order chi connectivity index (χ1) is 14.4. The molecule has 0 aliphatic carbocycles. The van der Waals surface area contributed by atoms with Crippen molar-refractivity contribution in [2.45, 2.75) is 0 Å². The zero-order valence-corrected chi connectivity index (χ0v) is 18.1. The van der Waals surface area contributed by atoms with Crippen molar-refractivity contribution in [3.8, 4) is 11.1 Å². The van der Waals surface area contributed by atoms with Gasteiger partial charge in [0, 0.05) is 0 Å². The van der Waals surface area contributed by atoms with E-state index < -0.39 is 13.3 Å². The van der Waals surface area contributed by atoms with Crippen molar-refractivity contribution in [2.24, 2.45) is 0 Å². The number of hydrogen-bond acceptors (Lipinski definition) is 0. The van der Waals surface area contributed by atoms with E-state index in [0.717, 1.165) is 0 Å². The summed E-state index contributed by atoms with van der Waals surface area (Å²) in [7, 11) is 0. The van der Waals surface area contributed by atoms with Gasteiger partial charge < -0.3 is 0 Å². The van der Waals surface area contributed by atoms with Crippen LogP contribution in [0.15, 0.2) is 121 Å². The Bertz CT molecular complexity index is 1290. The molecule has 0 nitrogen and oxygen atoms in total. The molecule has 0 aromatic heterocycles. The Morgan fingerprint density at radius 1 is 0.379 bits per heavy atom. The molecule has 0 amide bonds. The van der Waals surface area contributed by atoms with Gasteiger partial charge in [-0.3, -0.25) is 0 Å². The van der Waals surface area contributed by atoms with Crippen molar-refractivity contribution in [2.75, 3.05) is 0 Å². The van der Waals surface area contributed by atoms with E-state index >= 15 is 0 Å². The Balaban J connectivity index is 1.90. The average molecular weight is 429 g/mol. The zero-order valence-electron chi connectivity index (χ0n) is 16.0. The predicted octanol–water partition coefficient (Wildman–Crippen LogP) is 4.20. The van der Waals surface area contributed by atoms with Gasteiger partial charge >= 0.3 is 174 Å². The standard InChI is InChI=1S/C28H20Ge/c1-3-13-22(14-4-1)29(23-15-5-2-6-16-23)26-19-8-7-17-24(26)25-18-9-11-21-12-10-20-27(29)28(21)25/h1-20H. The SMILES string of the molecule is c1cc[c]([Ge]2([c]3ccccc3)[c]3ccccc3-c3cccc4ccc[c]2c34)cc1. The fraction of sp³-hybridized carbons (Fsp3) is 0. The van der Waals surface area contributed by atoms with E-state index in [0.29, 0.717) is 0 Å². The summed E-state index contributed by atoms with van der Waals surface area (Å²) in [5.74, 6) is 0. The van der Waals surface area contributed by atoms with Gasteiger partial charge in [-0.25, -0.2) is 0 Å². The van der Waals surface area contributed by atoms with E-state index in [-0.39, 0.29) is 0 Å². The first-order valence-electron chi connectivity index (χ1n) is 10.1. The van der Waals surface area contributed by atoms with Crippen molar-refractivity contribution in [3.05, 3.63) is 121 Å². The van der Waals surface area contributed by atoms with Gasteiger partial charge in [-0.1, -0.05) is 0 Å². The maximum absolute atomic E-state index is 3.13. The van der Waals surface area contributed by atoms with Gasteiger partial charge in [0.15, 0.2) is 0 Å². The van der Waals surface area contributed by atoms with Crippen LogP contribution in [0.1, 0.15) is 0 Å². The minimum atomic E-state index is -3.13. The quantitative estimate of drug-likeness (QED) is 0.362. The molecule has 0 unspecified atom stereocenters. The van der Waals surface area contributed by atoms with Crippen LogP contribution in [0.5, 0.6) is 0 Å². The fourth-order valence-corrected chi connectivity index (χ4v) is 16.2. The molecule has 0 saturated heterocycles. The van der Waals surface area contributed by atoms with Gasteiger partial charge in [-0.15, -0.1) is 0 Å². The molecule has 0 saturated carbocycles. The second kappa shape index (κ2) is 6.47. The summed E-state index contributed by atoms with van der Waals surface area (Å²) in [5.41, 5.74) is 2.78. The summed E-state index contributed by atoms with van der Waals surface area (Å²) >= 11 is -3.13. The molecule has 0 radical (unpaired) electrons. The van der Waals surface area contributed by atoms with Crippen molar-refractivity contribution < 1.29 is 0 Å². The zero-order chi connectivity index (χ0) is 19.3. The third-order valence-corrected chi connectivity index (χ3v) is 16.6. The van der Waals surface area contributed by atoms with Gasteiger partial charge in [0.25, 0.3) is 0 Å². The molecule has 136 valence electrons. The Morgan fingerprint density at radius 3 is 1.59 bits per heavy atom. The molecule has 0 fully saturated rings. The average Bonchev–Trinajstić information content (AvgIpc) is 2.81. The van der Waals surface area contributed by atoms with Crippen LogP contribution in [0.3, 0.4) is 0 Å². The topological polar surface area (TPSA) is 0 Å². The molecule has 5 aromatic rings. The van der Waals surface area contributed by atoms with Crippen molar-refractivity contribution in [1.82, 2.24) is 0 Å². The Hall–Kier alpha value is -3.10. The van der Waals surface area contributed by atoms with Gasteiger partial charge in [0.05, 0.1) is 0 Å². The van der Waals surface area contributed by atoms with E-state index in [9.17, 15) is 0 Å². The van der Waals surface area contributed by atoms with E-state index in [4.69, 9.17) is 0 Å². The van der Waals surface area contributed by atoms with Crippen LogP contribution in [0.2, 0.25) is 0 Å². The molecule has 0 atom stereocenters. The summed E-state index contributed by atoms with van der Waals surface area (Å²) in [5, 5.41) is 2.79. The molecule has 1 aliphatic heterocycles. The van der Waals surface area contributed by atoms with Crippen LogP contribution in [-0.2, 0) is 0 Å². The number of rotatable bonds is 2. The Morgan fingerprint density at radius 2 is 0.897 bits per heavy atom. The van der Waals surface area contributed by atoms with Crippen LogP contribution in [-0.4, -0.2) is 13.3 Å². The second-order valence-electron chi connectivity index (χ2n) is 7.74. The van der Waals surface area contributed by atoms with E-state index in [1.807, 2.05) is 0 Å². The Labute approximate surface area is 173 Å². The van der Waals surface area contributed by atoms with Gasteiger partial charge in [-0.2, -0.15) is 0 Å². The van der Waals surface area contributed by atoms with Crippen LogP contribution >= 0.6 is 0 Å². The van der Waals surface area contributed by atoms with Crippen molar-refractivity contribution >= 4 is 41.6 Å². The van der Waals surface area contributed by atoms with Gasteiger partial charge in [0.1, 0.15) is 0 Å². The summed E-state index contributed by atoms with van der Waals surface area (Å²) in [6.07, 6.45) is 0. The molecular formula is C28H20Ge.